The molecular formula is C17H25NO5. The molecule has 1 aromatic rings. The highest BCUT2D eigenvalue weighted by Gasteiger charge is 2.16. The third-order valence-electron chi connectivity index (χ3n) is 3.48. The normalized spacial score (nSPS) is 10.3. The molecule has 0 heterocycles. The van der Waals surface area contributed by atoms with Gasteiger partial charge in [-0.25, -0.2) is 0 Å². The molecule has 128 valence electrons. The fraction of sp³-hybridized carbons (Fsp3) is 0.529. The molecule has 0 aliphatic rings. The Morgan fingerprint density at radius 1 is 1.09 bits per heavy atom. The number of nitrogens with zero attached hydrogens (tertiary/aromatic N) is 1. The van der Waals surface area contributed by atoms with Crippen LogP contribution >= 0.6 is 0 Å². The lowest BCUT2D eigenvalue weighted by Crippen LogP contribution is -2.38. The first-order chi connectivity index (χ1) is 11.0. The molecule has 23 heavy (non-hydrogen) atoms. The van der Waals surface area contributed by atoms with E-state index in [1.54, 1.807) is 12.0 Å². The van der Waals surface area contributed by atoms with E-state index in [1.165, 1.54) is 7.11 Å². The lowest BCUT2D eigenvalue weighted by molar-refractivity contribution is -0.142. The smallest absolute Gasteiger partial charge is 0.307 e. The van der Waals surface area contributed by atoms with Crippen LogP contribution in [0.2, 0.25) is 0 Å². The molecule has 1 aromatic carbocycles. The summed E-state index contributed by atoms with van der Waals surface area (Å²) in [6.45, 7) is 4.89. The number of benzene rings is 1. The molecule has 6 nitrogen and oxygen atoms in total. The number of esters is 1. The molecule has 0 bridgehead atoms. The van der Waals surface area contributed by atoms with Gasteiger partial charge in [0.15, 0.2) is 6.61 Å². The minimum absolute atomic E-state index is 0.0728. The van der Waals surface area contributed by atoms with Crippen molar-refractivity contribution in [2.24, 2.45) is 0 Å². The average molecular weight is 323 g/mol. The van der Waals surface area contributed by atoms with Crippen LogP contribution in [0.15, 0.2) is 18.2 Å². The summed E-state index contributed by atoms with van der Waals surface area (Å²) in [5, 5.41) is 0. The average Bonchev–Trinajstić information content (AvgIpc) is 2.53. The Morgan fingerprint density at radius 2 is 1.74 bits per heavy atom. The number of carbonyl (C=O) groups excluding carboxylic acids is 2. The van der Waals surface area contributed by atoms with Gasteiger partial charge in [-0.3, -0.25) is 9.59 Å². The summed E-state index contributed by atoms with van der Waals surface area (Å²) < 4.78 is 15.3. The summed E-state index contributed by atoms with van der Waals surface area (Å²) in [6, 6.07) is 5.82. The molecule has 0 aliphatic carbocycles. The minimum atomic E-state index is -0.351. The fourth-order valence-corrected chi connectivity index (χ4v) is 2.14. The summed E-state index contributed by atoms with van der Waals surface area (Å²) in [4.78, 5) is 25.1. The third kappa shape index (κ3) is 6.28. The molecule has 0 unspecified atom stereocenters. The van der Waals surface area contributed by atoms with Crippen molar-refractivity contribution in [3.05, 3.63) is 29.3 Å². The Kier molecular flexibility index (Phi) is 8.11. The van der Waals surface area contributed by atoms with Crippen LogP contribution in [-0.2, 0) is 19.1 Å². The van der Waals surface area contributed by atoms with E-state index in [1.807, 2.05) is 32.0 Å². The van der Waals surface area contributed by atoms with Gasteiger partial charge in [-0.1, -0.05) is 18.2 Å². The van der Waals surface area contributed by atoms with Gasteiger partial charge in [0.2, 0.25) is 0 Å². The predicted molar refractivity (Wildman–Crippen MR) is 86.5 cm³/mol. The fourth-order valence-electron chi connectivity index (χ4n) is 2.14. The van der Waals surface area contributed by atoms with Crippen LogP contribution in [0.5, 0.6) is 5.75 Å². The molecule has 0 saturated heterocycles. The van der Waals surface area contributed by atoms with E-state index >= 15 is 0 Å². The van der Waals surface area contributed by atoms with Gasteiger partial charge in [0.05, 0.1) is 20.1 Å². The zero-order valence-corrected chi connectivity index (χ0v) is 14.3. The number of carbonyl (C=O) groups is 2. The number of hydrogen-bond acceptors (Lipinski definition) is 5. The van der Waals surface area contributed by atoms with Crippen LogP contribution in [0.3, 0.4) is 0 Å². The molecule has 0 saturated carbocycles. The van der Waals surface area contributed by atoms with Gasteiger partial charge in [0.1, 0.15) is 5.75 Å². The lowest BCUT2D eigenvalue weighted by atomic mass is 10.1. The van der Waals surface area contributed by atoms with E-state index < -0.39 is 0 Å². The van der Waals surface area contributed by atoms with Crippen molar-refractivity contribution >= 4 is 11.9 Å². The van der Waals surface area contributed by atoms with E-state index in [0.717, 1.165) is 16.9 Å². The standard InChI is InChI=1S/C17H25NO5/c1-13-6-5-7-14(2)17(13)23-12-15(19)18(10-11-21-3)9-8-16(20)22-4/h5-7H,8-12H2,1-4H3. The Balaban J connectivity index is 2.63. The van der Waals surface area contributed by atoms with Crippen molar-refractivity contribution in [3.8, 4) is 5.75 Å². The maximum absolute atomic E-state index is 12.3. The van der Waals surface area contributed by atoms with Gasteiger partial charge in [-0.15, -0.1) is 0 Å². The van der Waals surface area contributed by atoms with Crippen LogP contribution < -0.4 is 4.74 Å². The molecule has 1 amide bonds. The van der Waals surface area contributed by atoms with E-state index in [0.29, 0.717) is 13.2 Å². The minimum Gasteiger partial charge on any atom is -0.483 e. The highest BCUT2D eigenvalue weighted by Crippen LogP contribution is 2.22. The monoisotopic (exact) mass is 323 g/mol. The highest BCUT2D eigenvalue weighted by molar-refractivity contribution is 5.78. The first kappa shape index (κ1) is 19.0. The largest absolute Gasteiger partial charge is 0.483 e. The molecule has 0 aromatic heterocycles. The van der Waals surface area contributed by atoms with Crippen molar-refractivity contribution in [1.29, 1.82) is 0 Å². The van der Waals surface area contributed by atoms with Crippen LogP contribution in [0.1, 0.15) is 17.5 Å². The predicted octanol–water partition coefficient (Wildman–Crippen LogP) is 1.72. The number of rotatable bonds is 9. The van der Waals surface area contributed by atoms with E-state index in [2.05, 4.69) is 4.74 Å². The molecule has 0 fully saturated rings. The zero-order valence-electron chi connectivity index (χ0n) is 14.3. The number of aryl methyl sites for hydroxylation is 2. The third-order valence-corrected chi connectivity index (χ3v) is 3.48. The van der Waals surface area contributed by atoms with Crippen molar-refractivity contribution in [3.63, 3.8) is 0 Å². The van der Waals surface area contributed by atoms with Crippen LogP contribution in [0.25, 0.3) is 0 Å². The Bertz CT molecular complexity index is 509. The number of para-hydroxylation sites is 1. The molecule has 6 heteroatoms. The molecule has 1 rings (SSSR count). The Morgan fingerprint density at radius 3 is 2.30 bits per heavy atom. The molecule has 0 atom stereocenters. The number of ether oxygens (including phenoxy) is 3. The second-order valence-corrected chi connectivity index (χ2v) is 5.21. The second kappa shape index (κ2) is 9.84. The summed E-state index contributed by atoms with van der Waals surface area (Å²) in [7, 11) is 2.89. The molecule has 0 aliphatic heterocycles. The van der Waals surface area contributed by atoms with Gasteiger partial charge in [0, 0.05) is 20.2 Å². The maximum Gasteiger partial charge on any atom is 0.307 e. The molecular weight excluding hydrogens is 298 g/mol. The van der Waals surface area contributed by atoms with Crippen molar-refractivity contribution in [1.82, 2.24) is 4.90 Å². The molecule has 0 spiro atoms. The lowest BCUT2D eigenvalue weighted by Gasteiger charge is -2.22. The number of amides is 1. The van der Waals surface area contributed by atoms with Crippen LogP contribution in [0.4, 0.5) is 0 Å². The van der Waals surface area contributed by atoms with Crippen molar-refractivity contribution in [2.75, 3.05) is 40.5 Å². The van der Waals surface area contributed by atoms with Gasteiger partial charge < -0.3 is 19.1 Å². The maximum atomic E-state index is 12.3. The number of hydrogen-bond donors (Lipinski definition) is 0. The summed E-state index contributed by atoms with van der Waals surface area (Å²) >= 11 is 0. The summed E-state index contributed by atoms with van der Waals surface area (Å²) in [5.74, 6) is 0.185. The Hall–Kier alpha value is -2.08. The zero-order chi connectivity index (χ0) is 17.2. The molecule has 0 radical (unpaired) electrons. The van der Waals surface area contributed by atoms with Gasteiger partial charge in [-0.2, -0.15) is 0 Å². The van der Waals surface area contributed by atoms with Crippen LogP contribution in [-0.4, -0.2) is 57.3 Å². The quantitative estimate of drug-likeness (QED) is 0.648. The first-order valence-corrected chi connectivity index (χ1v) is 7.52. The van der Waals surface area contributed by atoms with Crippen molar-refractivity contribution in [2.45, 2.75) is 20.3 Å². The first-order valence-electron chi connectivity index (χ1n) is 7.52. The SMILES string of the molecule is COCCN(CCC(=O)OC)C(=O)COc1c(C)cccc1C. The second-order valence-electron chi connectivity index (χ2n) is 5.21. The summed E-state index contributed by atoms with van der Waals surface area (Å²) in [6.07, 6.45) is 0.148. The summed E-state index contributed by atoms with van der Waals surface area (Å²) in [5.41, 5.74) is 1.96. The topological polar surface area (TPSA) is 65.1 Å². The Labute approximate surface area is 137 Å². The van der Waals surface area contributed by atoms with Crippen LogP contribution in [0, 0.1) is 13.8 Å². The van der Waals surface area contributed by atoms with Gasteiger partial charge >= 0.3 is 5.97 Å². The van der Waals surface area contributed by atoms with E-state index in [-0.39, 0.29) is 31.4 Å². The van der Waals surface area contributed by atoms with E-state index in [4.69, 9.17) is 9.47 Å². The molecule has 0 N–H and O–H groups in total. The highest BCUT2D eigenvalue weighted by atomic mass is 16.5. The van der Waals surface area contributed by atoms with Gasteiger partial charge in [0.25, 0.3) is 5.91 Å². The van der Waals surface area contributed by atoms with E-state index in [9.17, 15) is 9.59 Å². The van der Waals surface area contributed by atoms with Gasteiger partial charge in [-0.05, 0) is 25.0 Å². The van der Waals surface area contributed by atoms with Crippen molar-refractivity contribution < 1.29 is 23.8 Å². The number of methoxy groups -OCH3 is 2.